The lowest BCUT2D eigenvalue weighted by Gasteiger charge is -2.10. The van der Waals surface area contributed by atoms with Crippen LogP contribution in [0.3, 0.4) is 0 Å². The molecule has 1 amide bonds. The maximum atomic E-state index is 12.1. The molecule has 0 radical (unpaired) electrons. The van der Waals surface area contributed by atoms with Gasteiger partial charge in [-0.05, 0) is 36.5 Å². The minimum Gasteiger partial charge on any atom is -0.496 e. The number of methoxy groups -OCH3 is 1. The van der Waals surface area contributed by atoms with Crippen molar-refractivity contribution in [1.82, 2.24) is 10.6 Å². The van der Waals surface area contributed by atoms with Gasteiger partial charge in [0.15, 0.2) is 0 Å². The zero-order valence-corrected chi connectivity index (χ0v) is 11.9. The summed E-state index contributed by atoms with van der Waals surface area (Å²) >= 11 is 0. The Balaban J connectivity index is 0.00000133. The molecule has 2 fully saturated rings. The molecule has 2 aliphatic rings. The predicted octanol–water partition coefficient (Wildman–Crippen LogP) is 1.37. The monoisotopic (exact) mass is 282 g/mol. The molecule has 0 spiro atoms. The number of halogens is 1. The number of aryl methyl sites for hydroxylation is 1. The molecule has 1 aliphatic carbocycles. The van der Waals surface area contributed by atoms with E-state index in [1.54, 1.807) is 13.2 Å². The lowest BCUT2D eigenvalue weighted by molar-refractivity contribution is 0.0946. The van der Waals surface area contributed by atoms with E-state index >= 15 is 0 Å². The predicted molar refractivity (Wildman–Crippen MR) is 76.1 cm³/mol. The van der Waals surface area contributed by atoms with Crippen LogP contribution in [0.25, 0.3) is 0 Å². The average molecular weight is 283 g/mol. The van der Waals surface area contributed by atoms with E-state index in [0.29, 0.717) is 23.4 Å². The summed E-state index contributed by atoms with van der Waals surface area (Å²) < 4.78 is 5.24. The van der Waals surface area contributed by atoms with Crippen molar-refractivity contribution in [1.29, 1.82) is 0 Å². The highest BCUT2D eigenvalue weighted by Gasteiger charge is 2.53. The highest BCUT2D eigenvalue weighted by atomic mass is 35.5. The molecule has 1 aliphatic heterocycles. The van der Waals surface area contributed by atoms with E-state index in [1.807, 2.05) is 19.1 Å². The molecule has 1 saturated heterocycles. The van der Waals surface area contributed by atoms with Gasteiger partial charge in [-0.3, -0.25) is 4.79 Å². The molecule has 4 nitrogen and oxygen atoms in total. The quantitative estimate of drug-likeness (QED) is 0.880. The number of rotatable bonds is 3. The third-order valence-corrected chi connectivity index (χ3v) is 4.06. The molecule has 0 bridgehead atoms. The second kappa shape index (κ2) is 5.39. The number of fused-ring (bicyclic) bond motifs is 1. The summed E-state index contributed by atoms with van der Waals surface area (Å²) in [5, 5.41) is 6.43. The van der Waals surface area contributed by atoms with Crippen molar-refractivity contribution >= 4 is 18.3 Å². The van der Waals surface area contributed by atoms with Crippen LogP contribution < -0.4 is 15.4 Å². The molecule has 1 saturated carbocycles. The SMILES string of the molecule is COc1cc(C(=O)NC2C3CNCC32)ccc1C.Cl. The summed E-state index contributed by atoms with van der Waals surface area (Å²) in [7, 11) is 1.63. The first-order chi connectivity index (χ1) is 8.70. The maximum absolute atomic E-state index is 12.1. The largest absolute Gasteiger partial charge is 0.496 e. The van der Waals surface area contributed by atoms with Crippen molar-refractivity contribution in [2.45, 2.75) is 13.0 Å². The highest BCUT2D eigenvalue weighted by molar-refractivity contribution is 5.95. The molecule has 2 atom stereocenters. The summed E-state index contributed by atoms with van der Waals surface area (Å²) in [6.45, 7) is 4.04. The van der Waals surface area contributed by atoms with E-state index in [0.717, 1.165) is 24.4 Å². The van der Waals surface area contributed by atoms with Crippen molar-refractivity contribution in [2.75, 3.05) is 20.2 Å². The molecule has 1 aromatic carbocycles. The van der Waals surface area contributed by atoms with Gasteiger partial charge in [0.1, 0.15) is 5.75 Å². The summed E-state index contributed by atoms with van der Waals surface area (Å²) in [4.78, 5) is 12.1. The summed E-state index contributed by atoms with van der Waals surface area (Å²) in [5.41, 5.74) is 1.72. The van der Waals surface area contributed by atoms with Crippen molar-refractivity contribution in [2.24, 2.45) is 11.8 Å². The lowest BCUT2D eigenvalue weighted by Crippen LogP contribution is -2.32. The van der Waals surface area contributed by atoms with Crippen molar-refractivity contribution in [3.05, 3.63) is 29.3 Å². The molecule has 3 rings (SSSR count). The second-order valence-corrected chi connectivity index (χ2v) is 5.17. The van der Waals surface area contributed by atoms with Crippen LogP contribution in [-0.4, -0.2) is 32.1 Å². The molecule has 1 heterocycles. The minimum absolute atomic E-state index is 0. The molecule has 104 valence electrons. The first-order valence-corrected chi connectivity index (χ1v) is 6.37. The number of hydrogen-bond acceptors (Lipinski definition) is 3. The Bertz CT molecular complexity index is 482. The number of carbonyl (C=O) groups excluding carboxylic acids is 1. The Hall–Kier alpha value is -1.26. The summed E-state index contributed by atoms with van der Waals surface area (Å²) in [6, 6.07) is 5.94. The van der Waals surface area contributed by atoms with Crippen LogP contribution in [0.1, 0.15) is 15.9 Å². The Morgan fingerprint density at radius 3 is 2.68 bits per heavy atom. The number of amides is 1. The fraction of sp³-hybridized carbons (Fsp3) is 0.500. The van der Waals surface area contributed by atoms with Crippen LogP contribution in [0.5, 0.6) is 5.75 Å². The van der Waals surface area contributed by atoms with E-state index in [-0.39, 0.29) is 18.3 Å². The Morgan fingerprint density at radius 2 is 2.05 bits per heavy atom. The number of benzene rings is 1. The number of hydrogen-bond donors (Lipinski definition) is 2. The van der Waals surface area contributed by atoms with Crippen molar-refractivity contribution in [3.63, 3.8) is 0 Å². The third-order valence-electron chi connectivity index (χ3n) is 4.06. The Kier molecular flexibility index (Phi) is 4.02. The van der Waals surface area contributed by atoms with Gasteiger partial charge in [0.05, 0.1) is 7.11 Å². The van der Waals surface area contributed by atoms with Crippen LogP contribution in [0.2, 0.25) is 0 Å². The van der Waals surface area contributed by atoms with Gasteiger partial charge >= 0.3 is 0 Å². The number of piperidine rings is 1. The van der Waals surface area contributed by atoms with Gasteiger partial charge in [-0.25, -0.2) is 0 Å². The normalized spacial score (nSPS) is 27.2. The van der Waals surface area contributed by atoms with E-state index in [4.69, 9.17) is 4.74 Å². The van der Waals surface area contributed by atoms with Crippen molar-refractivity contribution in [3.8, 4) is 5.75 Å². The molecule has 5 heteroatoms. The minimum atomic E-state index is 0. The molecular formula is C14H19ClN2O2. The fourth-order valence-corrected chi connectivity index (χ4v) is 2.83. The molecule has 1 aromatic rings. The second-order valence-electron chi connectivity index (χ2n) is 5.17. The highest BCUT2D eigenvalue weighted by Crippen LogP contribution is 2.41. The zero-order valence-electron chi connectivity index (χ0n) is 11.1. The van der Waals surface area contributed by atoms with E-state index < -0.39 is 0 Å². The number of ether oxygens (including phenoxy) is 1. The van der Waals surface area contributed by atoms with E-state index in [9.17, 15) is 4.79 Å². The molecule has 0 aromatic heterocycles. The summed E-state index contributed by atoms with van der Waals surface area (Å²) in [5.74, 6) is 2.05. The fourth-order valence-electron chi connectivity index (χ4n) is 2.83. The topological polar surface area (TPSA) is 50.4 Å². The van der Waals surface area contributed by atoms with Crippen LogP contribution in [0.15, 0.2) is 18.2 Å². The molecule has 2 unspecified atom stereocenters. The van der Waals surface area contributed by atoms with Gasteiger partial charge in [0.2, 0.25) is 0 Å². The van der Waals surface area contributed by atoms with Gasteiger partial charge in [-0.1, -0.05) is 6.07 Å². The number of carbonyl (C=O) groups is 1. The van der Waals surface area contributed by atoms with E-state index in [1.165, 1.54) is 0 Å². The van der Waals surface area contributed by atoms with Gasteiger partial charge in [0, 0.05) is 24.7 Å². The van der Waals surface area contributed by atoms with Gasteiger partial charge < -0.3 is 15.4 Å². The Morgan fingerprint density at radius 1 is 1.37 bits per heavy atom. The van der Waals surface area contributed by atoms with E-state index in [2.05, 4.69) is 10.6 Å². The van der Waals surface area contributed by atoms with Gasteiger partial charge in [-0.15, -0.1) is 12.4 Å². The smallest absolute Gasteiger partial charge is 0.251 e. The zero-order chi connectivity index (χ0) is 12.7. The average Bonchev–Trinajstić information content (AvgIpc) is 2.82. The lowest BCUT2D eigenvalue weighted by atomic mass is 10.1. The van der Waals surface area contributed by atoms with Crippen LogP contribution in [-0.2, 0) is 0 Å². The first-order valence-electron chi connectivity index (χ1n) is 6.37. The van der Waals surface area contributed by atoms with Crippen molar-refractivity contribution < 1.29 is 9.53 Å². The standard InChI is InChI=1S/C14H18N2O2.ClH/c1-8-3-4-9(5-12(8)18-2)14(17)16-13-10-6-15-7-11(10)13;/h3-5,10-11,13,15H,6-7H2,1-2H3,(H,16,17);1H. The number of nitrogens with one attached hydrogen (secondary N) is 2. The van der Waals surface area contributed by atoms with Gasteiger partial charge in [-0.2, -0.15) is 0 Å². The maximum Gasteiger partial charge on any atom is 0.251 e. The summed E-state index contributed by atoms with van der Waals surface area (Å²) in [6.07, 6.45) is 0. The van der Waals surface area contributed by atoms with Crippen LogP contribution in [0.4, 0.5) is 0 Å². The molecule has 2 N–H and O–H groups in total. The van der Waals surface area contributed by atoms with Crippen LogP contribution in [0, 0.1) is 18.8 Å². The third kappa shape index (κ3) is 2.55. The van der Waals surface area contributed by atoms with Gasteiger partial charge in [0.25, 0.3) is 5.91 Å². The Labute approximate surface area is 119 Å². The first kappa shape index (κ1) is 14.2. The molecule has 19 heavy (non-hydrogen) atoms. The van der Waals surface area contributed by atoms with Crippen LogP contribution >= 0.6 is 12.4 Å². The molecular weight excluding hydrogens is 264 g/mol.